The summed E-state index contributed by atoms with van der Waals surface area (Å²) in [6, 6.07) is 5.37. The van der Waals surface area contributed by atoms with Crippen LogP contribution in [0.15, 0.2) is 18.2 Å². The molecule has 0 saturated heterocycles. The van der Waals surface area contributed by atoms with Crippen molar-refractivity contribution in [2.75, 3.05) is 38.0 Å². The van der Waals surface area contributed by atoms with Gasteiger partial charge in [0.1, 0.15) is 9.84 Å². The molecule has 1 aromatic rings. The fraction of sp³-hybridized carbons (Fsp3) is 0.462. The highest BCUT2D eigenvalue weighted by Gasteiger charge is 2.14. The lowest BCUT2D eigenvalue weighted by molar-refractivity contribution is 0.0803. The van der Waals surface area contributed by atoms with Gasteiger partial charge in [0, 0.05) is 38.1 Å². The third-order valence-electron chi connectivity index (χ3n) is 2.89. The Morgan fingerprint density at radius 2 is 2.00 bits per heavy atom. The van der Waals surface area contributed by atoms with Crippen molar-refractivity contribution in [3.8, 4) is 0 Å². The molecule has 0 fully saturated rings. The number of carbonyl (C=O) groups excluding carboxylic acids is 1. The zero-order chi connectivity index (χ0) is 14.6. The van der Waals surface area contributed by atoms with Gasteiger partial charge in [0.05, 0.1) is 5.75 Å². The Morgan fingerprint density at radius 3 is 2.47 bits per heavy atom. The summed E-state index contributed by atoms with van der Waals surface area (Å²) in [7, 11) is 0.370. The highest BCUT2D eigenvalue weighted by atomic mass is 32.2. The number of aryl methyl sites for hydroxylation is 1. The Morgan fingerprint density at radius 1 is 1.37 bits per heavy atom. The number of hydrogen-bond acceptors (Lipinski definition) is 4. The van der Waals surface area contributed by atoms with Crippen LogP contribution < -0.4 is 5.32 Å². The average Bonchev–Trinajstić information content (AvgIpc) is 2.34. The topological polar surface area (TPSA) is 66.5 Å². The summed E-state index contributed by atoms with van der Waals surface area (Å²) in [6.07, 6.45) is 1.16. The molecule has 5 nitrogen and oxygen atoms in total. The molecule has 19 heavy (non-hydrogen) atoms. The van der Waals surface area contributed by atoms with Crippen LogP contribution in [-0.2, 0) is 9.84 Å². The third-order valence-corrected chi connectivity index (χ3v) is 3.81. The van der Waals surface area contributed by atoms with Gasteiger partial charge in [0.25, 0.3) is 5.91 Å². The van der Waals surface area contributed by atoms with E-state index in [0.717, 1.165) is 17.5 Å². The van der Waals surface area contributed by atoms with Crippen LogP contribution >= 0.6 is 0 Å². The molecule has 1 rings (SSSR count). The van der Waals surface area contributed by atoms with Crippen molar-refractivity contribution in [3.05, 3.63) is 29.3 Å². The van der Waals surface area contributed by atoms with Crippen molar-refractivity contribution in [1.82, 2.24) is 4.90 Å². The summed E-state index contributed by atoms with van der Waals surface area (Å²) in [6.45, 7) is 2.11. The quantitative estimate of drug-likeness (QED) is 0.881. The predicted octanol–water partition coefficient (Wildman–Crippen LogP) is 1.15. The summed E-state index contributed by atoms with van der Waals surface area (Å²) in [5, 5.41) is 3.03. The molecule has 6 heteroatoms. The van der Waals surface area contributed by atoms with Gasteiger partial charge in [-0.3, -0.25) is 4.79 Å². The first-order valence-corrected chi connectivity index (χ1v) is 8.02. The van der Waals surface area contributed by atoms with Gasteiger partial charge in [0.2, 0.25) is 0 Å². The van der Waals surface area contributed by atoms with Crippen LogP contribution in [0.5, 0.6) is 0 Å². The number of carbonyl (C=O) groups is 1. The van der Waals surface area contributed by atoms with E-state index in [1.54, 1.807) is 19.2 Å². The average molecular weight is 284 g/mol. The lowest BCUT2D eigenvalue weighted by Gasteiger charge is -2.17. The molecular weight excluding hydrogens is 264 g/mol. The van der Waals surface area contributed by atoms with Crippen molar-refractivity contribution in [1.29, 1.82) is 0 Å². The van der Waals surface area contributed by atoms with E-state index >= 15 is 0 Å². The van der Waals surface area contributed by atoms with E-state index in [-0.39, 0.29) is 18.2 Å². The largest absolute Gasteiger partial charge is 0.388 e. The molecule has 0 bridgehead atoms. The second-order valence-corrected chi connectivity index (χ2v) is 6.90. The van der Waals surface area contributed by atoms with Gasteiger partial charge in [-0.1, -0.05) is 0 Å². The third kappa shape index (κ3) is 4.55. The van der Waals surface area contributed by atoms with E-state index in [4.69, 9.17) is 0 Å². The summed E-state index contributed by atoms with van der Waals surface area (Å²) in [4.78, 5) is 13.5. The molecule has 0 unspecified atom stereocenters. The predicted molar refractivity (Wildman–Crippen MR) is 77.4 cm³/mol. The van der Waals surface area contributed by atoms with Crippen LogP contribution in [0.1, 0.15) is 15.9 Å². The minimum atomic E-state index is -3.06. The van der Waals surface area contributed by atoms with Gasteiger partial charge in [-0.05, 0) is 30.7 Å². The first kappa shape index (κ1) is 15.5. The SMILES string of the molecule is CNc1ccc(C(=O)N(C)CCS(C)(=O)=O)cc1C. The summed E-state index contributed by atoms with van der Waals surface area (Å²) in [5.74, 6) is -0.197. The summed E-state index contributed by atoms with van der Waals surface area (Å²) >= 11 is 0. The van der Waals surface area contributed by atoms with Gasteiger partial charge < -0.3 is 10.2 Å². The zero-order valence-corrected chi connectivity index (χ0v) is 12.5. The Kier molecular flexibility index (Phi) is 4.94. The maximum Gasteiger partial charge on any atom is 0.253 e. The first-order chi connectivity index (χ1) is 8.74. The summed E-state index contributed by atoms with van der Waals surface area (Å²) < 4.78 is 22.2. The smallest absolute Gasteiger partial charge is 0.253 e. The van der Waals surface area contributed by atoms with Crippen molar-refractivity contribution in [2.24, 2.45) is 0 Å². The minimum Gasteiger partial charge on any atom is -0.388 e. The number of nitrogens with zero attached hydrogens (tertiary/aromatic N) is 1. The molecule has 0 aliphatic heterocycles. The molecule has 0 atom stereocenters. The van der Waals surface area contributed by atoms with Gasteiger partial charge >= 0.3 is 0 Å². The Bertz CT molecular complexity index is 567. The highest BCUT2D eigenvalue weighted by molar-refractivity contribution is 7.90. The van der Waals surface area contributed by atoms with Crippen LogP contribution in [0.3, 0.4) is 0 Å². The van der Waals surface area contributed by atoms with E-state index in [1.165, 1.54) is 4.90 Å². The molecular formula is C13H20N2O3S. The lowest BCUT2D eigenvalue weighted by Crippen LogP contribution is -2.31. The number of hydrogen-bond donors (Lipinski definition) is 1. The van der Waals surface area contributed by atoms with Gasteiger partial charge in [-0.2, -0.15) is 0 Å². The molecule has 1 N–H and O–H groups in total. The van der Waals surface area contributed by atoms with Crippen molar-refractivity contribution < 1.29 is 13.2 Å². The van der Waals surface area contributed by atoms with Crippen molar-refractivity contribution in [3.63, 3.8) is 0 Å². The van der Waals surface area contributed by atoms with Crippen molar-refractivity contribution >= 4 is 21.4 Å². The molecule has 0 saturated carbocycles. The zero-order valence-electron chi connectivity index (χ0n) is 11.7. The van der Waals surface area contributed by atoms with E-state index < -0.39 is 9.84 Å². The number of benzene rings is 1. The summed E-state index contributed by atoms with van der Waals surface area (Å²) in [5.41, 5.74) is 2.51. The van der Waals surface area contributed by atoms with Crippen LogP contribution in [0.25, 0.3) is 0 Å². The van der Waals surface area contributed by atoms with Crippen LogP contribution in [0, 0.1) is 6.92 Å². The molecule has 0 radical (unpaired) electrons. The minimum absolute atomic E-state index is 0.0250. The van der Waals surface area contributed by atoms with Gasteiger partial charge in [0.15, 0.2) is 0 Å². The van der Waals surface area contributed by atoms with Crippen molar-refractivity contribution in [2.45, 2.75) is 6.92 Å². The Balaban J connectivity index is 2.80. The molecule has 0 heterocycles. The maximum absolute atomic E-state index is 12.1. The lowest BCUT2D eigenvalue weighted by atomic mass is 10.1. The number of anilines is 1. The standard InChI is InChI=1S/C13H20N2O3S/c1-10-9-11(5-6-12(10)14-2)13(16)15(3)7-8-19(4,17)18/h5-6,9,14H,7-8H2,1-4H3. The van der Waals surface area contributed by atoms with Crippen LogP contribution in [0.4, 0.5) is 5.69 Å². The Labute approximate surface area is 114 Å². The number of nitrogens with one attached hydrogen (secondary N) is 1. The molecule has 0 aromatic heterocycles. The van der Waals surface area contributed by atoms with Crippen LogP contribution in [-0.4, -0.2) is 51.9 Å². The number of sulfone groups is 1. The fourth-order valence-electron chi connectivity index (χ4n) is 1.70. The highest BCUT2D eigenvalue weighted by Crippen LogP contribution is 2.16. The van der Waals surface area contributed by atoms with Gasteiger partial charge in [-0.25, -0.2) is 8.42 Å². The molecule has 1 amide bonds. The second-order valence-electron chi connectivity index (χ2n) is 4.64. The monoisotopic (exact) mass is 284 g/mol. The van der Waals surface area contributed by atoms with Crippen LogP contribution in [0.2, 0.25) is 0 Å². The second kappa shape index (κ2) is 6.06. The van der Waals surface area contributed by atoms with E-state index in [2.05, 4.69) is 5.32 Å². The van der Waals surface area contributed by atoms with E-state index in [9.17, 15) is 13.2 Å². The molecule has 0 spiro atoms. The fourth-order valence-corrected chi connectivity index (χ4v) is 2.31. The molecule has 1 aromatic carbocycles. The number of amides is 1. The molecule has 0 aliphatic carbocycles. The maximum atomic E-state index is 12.1. The van der Waals surface area contributed by atoms with Gasteiger partial charge in [-0.15, -0.1) is 0 Å². The number of rotatable bonds is 5. The normalized spacial score (nSPS) is 11.2. The first-order valence-electron chi connectivity index (χ1n) is 5.96. The Hall–Kier alpha value is -1.56. The van der Waals surface area contributed by atoms with E-state index in [0.29, 0.717) is 5.56 Å². The molecule has 0 aliphatic rings. The molecule has 106 valence electrons. The van der Waals surface area contributed by atoms with E-state index in [1.807, 2.05) is 20.0 Å².